The molecule has 0 amide bonds. The number of sulfonamides is 1. The molecule has 2 heterocycles. The zero-order chi connectivity index (χ0) is 26.5. The van der Waals surface area contributed by atoms with E-state index in [9.17, 15) is 12.8 Å². The maximum Gasteiger partial charge on any atom is 0.261 e. The molecule has 0 spiro atoms. The van der Waals surface area contributed by atoms with E-state index < -0.39 is 15.8 Å². The van der Waals surface area contributed by atoms with Crippen LogP contribution in [-0.2, 0) is 10.0 Å². The molecule has 2 aromatic heterocycles. The summed E-state index contributed by atoms with van der Waals surface area (Å²) in [6.07, 6.45) is 3.19. The molecule has 0 aliphatic rings. The van der Waals surface area contributed by atoms with Gasteiger partial charge in [0.15, 0.2) is 5.15 Å². The lowest BCUT2D eigenvalue weighted by molar-refractivity contribution is 0.333. The molecule has 2 N–H and O–H groups in total. The molecule has 11 heteroatoms. The average Bonchev–Trinajstić information content (AvgIpc) is 2.92. The Bertz CT molecular complexity index is 1690. The van der Waals surface area contributed by atoms with Crippen LogP contribution in [0.2, 0.25) is 5.15 Å². The molecule has 38 heavy (non-hydrogen) atoms. The SMILES string of the molecule is O=S(=O)(Nc1cc(-c2ccc3ncc(NCCOc4ccccc4)nc3c2)cnc1Cl)c1ccc(F)cc1. The Morgan fingerprint density at radius 2 is 1.66 bits per heavy atom. The Hall–Kier alpha value is -4.28. The quantitative estimate of drug-likeness (QED) is 0.177. The fraction of sp³-hybridized carbons (Fsp3) is 0.0741. The molecule has 192 valence electrons. The van der Waals surface area contributed by atoms with Crippen LogP contribution in [0.1, 0.15) is 0 Å². The van der Waals surface area contributed by atoms with Gasteiger partial charge in [-0.25, -0.2) is 22.8 Å². The van der Waals surface area contributed by atoms with E-state index in [0.29, 0.717) is 35.6 Å². The van der Waals surface area contributed by atoms with Crippen molar-refractivity contribution in [2.75, 3.05) is 23.2 Å². The van der Waals surface area contributed by atoms with Crippen LogP contribution in [0.3, 0.4) is 0 Å². The van der Waals surface area contributed by atoms with Gasteiger partial charge in [0, 0.05) is 11.8 Å². The number of nitrogens with one attached hydrogen (secondary N) is 2. The van der Waals surface area contributed by atoms with Crippen molar-refractivity contribution in [3.63, 3.8) is 0 Å². The highest BCUT2D eigenvalue weighted by molar-refractivity contribution is 7.92. The number of fused-ring (bicyclic) bond motifs is 1. The fourth-order valence-electron chi connectivity index (χ4n) is 3.64. The second-order valence-electron chi connectivity index (χ2n) is 8.17. The Morgan fingerprint density at radius 3 is 2.45 bits per heavy atom. The smallest absolute Gasteiger partial charge is 0.261 e. The lowest BCUT2D eigenvalue weighted by Gasteiger charge is -2.12. The normalized spacial score (nSPS) is 11.3. The first-order valence-electron chi connectivity index (χ1n) is 11.5. The number of hydrogen-bond acceptors (Lipinski definition) is 7. The topological polar surface area (TPSA) is 106 Å². The maximum absolute atomic E-state index is 13.2. The van der Waals surface area contributed by atoms with Gasteiger partial charge in [0.2, 0.25) is 0 Å². The average molecular weight is 550 g/mol. The molecular weight excluding hydrogens is 529 g/mol. The van der Waals surface area contributed by atoms with Crippen molar-refractivity contribution in [2.45, 2.75) is 4.90 Å². The first-order chi connectivity index (χ1) is 18.4. The molecule has 0 radical (unpaired) electrons. The molecule has 0 unspecified atom stereocenters. The summed E-state index contributed by atoms with van der Waals surface area (Å²) in [4.78, 5) is 13.1. The molecule has 0 atom stereocenters. The molecule has 0 saturated heterocycles. The molecule has 0 fully saturated rings. The zero-order valence-corrected chi connectivity index (χ0v) is 21.4. The monoisotopic (exact) mass is 549 g/mol. The molecule has 3 aromatic carbocycles. The molecule has 0 aliphatic heterocycles. The van der Waals surface area contributed by atoms with Crippen LogP contribution in [0.25, 0.3) is 22.2 Å². The lowest BCUT2D eigenvalue weighted by atomic mass is 10.1. The maximum atomic E-state index is 13.2. The van der Waals surface area contributed by atoms with Gasteiger partial charge in [0.25, 0.3) is 10.0 Å². The number of anilines is 2. The molecule has 0 aliphatic carbocycles. The summed E-state index contributed by atoms with van der Waals surface area (Å²) in [7, 11) is -4.00. The Morgan fingerprint density at radius 1 is 0.868 bits per heavy atom. The van der Waals surface area contributed by atoms with Crippen LogP contribution in [0.4, 0.5) is 15.9 Å². The molecule has 5 rings (SSSR count). The number of benzene rings is 3. The first kappa shape index (κ1) is 25.4. The minimum atomic E-state index is -4.00. The van der Waals surface area contributed by atoms with Gasteiger partial charge in [0.05, 0.1) is 34.4 Å². The van der Waals surface area contributed by atoms with E-state index >= 15 is 0 Å². The van der Waals surface area contributed by atoms with Gasteiger partial charge in [-0.2, -0.15) is 0 Å². The minimum absolute atomic E-state index is 0.0239. The molecule has 8 nitrogen and oxygen atoms in total. The van der Waals surface area contributed by atoms with Crippen LogP contribution in [0.15, 0.2) is 96.2 Å². The highest BCUT2D eigenvalue weighted by Crippen LogP contribution is 2.30. The summed E-state index contributed by atoms with van der Waals surface area (Å²) in [6.45, 7) is 0.990. The first-order valence-corrected chi connectivity index (χ1v) is 13.4. The summed E-state index contributed by atoms with van der Waals surface area (Å²) < 4.78 is 46.9. The van der Waals surface area contributed by atoms with Crippen molar-refractivity contribution >= 4 is 44.2 Å². The van der Waals surface area contributed by atoms with Crippen LogP contribution in [0, 0.1) is 5.82 Å². The van der Waals surface area contributed by atoms with Gasteiger partial charge in [-0.15, -0.1) is 0 Å². The van der Waals surface area contributed by atoms with Crippen molar-refractivity contribution in [1.82, 2.24) is 15.0 Å². The molecule has 0 saturated carbocycles. The Balaban J connectivity index is 1.33. The summed E-state index contributed by atoms with van der Waals surface area (Å²) in [5.41, 5.74) is 2.78. The van der Waals surface area contributed by atoms with E-state index in [4.69, 9.17) is 16.3 Å². The minimum Gasteiger partial charge on any atom is -0.492 e. The van der Waals surface area contributed by atoms with E-state index in [1.54, 1.807) is 12.3 Å². The zero-order valence-electron chi connectivity index (χ0n) is 19.8. The van der Waals surface area contributed by atoms with Gasteiger partial charge >= 0.3 is 0 Å². The number of ether oxygens (including phenoxy) is 1. The third-order valence-electron chi connectivity index (χ3n) is 5.50. The Kier molecular flexibility index (Phi) is 7.34. The lowest BCUT2D eigenvalue weighted by Crippen LogP contribution is -2.13. The van der Waals surface area contributed by atoms with Crippen molar-refractivity contribution in [1.29, 1.82) is 0 Å². The predicted octanol–water partition coefficient (Wildman–Crippen LogP) is 5.78. The number of halogens is 2. The number of pyridine rings is 1. The van der Waals surface area contributed by atoms with E-state index in [0.717, 1.165) is 23.4 Å². The van der Waals surface area contributed by atoms with Gasteiger partial charge < -0.3 is 10.1 Å². The van der Waals surface area contributed by atoms with E-state index in [1.165, 1.54) is 18.3 Å². The Labute approximate surface area is 223 Å². The highest BCUT2D eigenvalue weighted by Gasteiger charge is 2.17. The third-order valence-corrected chi connectivity index (χ3v) is 7.19. The van der Waals surface area contributed by atoms with Crippen molar-refractivity contribution in [2.24, 2.45) is 0 Å². The number of para-hydroxylation sites is 1. The standard InChI is InChI=1S/C27H21ClFN5O3S/c28-27-25(34-38(35,36)22-9-7-20(29)8-10-22)15-19(16-32-27)18-6-11-23-24(14-18)33-26(17-31-23)30-12-13-37-21-4-2-1-3-5-21/h1-11,14-17,34H,12-13H2,(H,30,33). The van der Waals surface area contributed by atoms with Crippen LogP contribution >= 0.6 is 11.6 Å². The fourth-order valence-corrected chi connectivity index (χ4v) is 4.90. The summed E-state index contributed by atoms with van der Waals surface area (Å²) >= 11 is 6.18. The van der Waals surface area contributed by atoms with Gasteiger partial charge in [-0.1, -0.05) is 35.9 Å². The van der Waals surface area contributed by atoms with Crippen LogP contribution in [-0.4, -0.2) is 36.5 Å². The molecule has 5 aromatic rings. The summed E-state index contributed by atoms with van der Waals surface area (Å²) in [5, 5.41) is 3.18. The van der Waals surface area contributed by atoms with E-state index in [-0.39, 0.29) is 15.7 Å². The summed E-state index contributed by atoms with van der Waals surface area (Å²) in [5.74, 6) is 0.844. The third kappa shape index (κ3) is 5.99. The second-order valence-corrected chi connectivity index (χ2v) is 10.2. The van der Waals surface area contributed by atoms with Crippen molar-refractivity contribution < 1.29 is 17.5 Å². The second kappa shape index (κ2) is 11.0. The van der Waals surface area contributed by atoms with Crippen molar-refractivity contribution in [3.05, 3.63) is 102 Å². The number of hydrogen-bond donors (Lipinski definition) is 2. The van der Waals surface area contributed by atoms with E-state index in [1.807, 2.05) is 48.5 Å². The predicted molar refractivity (Wildman–Crippen MR) is 145 cm³/mol. The largest absolute Gasteiger partial charge is 0.492 e. The molecular formula is C27H21ClFN5O3S. The number of rotatable bonds is 9. The van der Waals surface area contributed by atoms with Gasteiger partial charge in [0.1, 0.15) is 24.0 Å². The van der Waals surface area contributed by atoms with Crippen LogP contribution < -0.4 is 14.8 Å². The van der Waals surface area contributed by atoms with Gasteiger partial charge in [-0.3, -0.25) is 9.71 Å². The van der Waals surface area contributed by atoms with Crippen molar-refractivity contribution in [3.8, 4) is 16.9 Å². The number of aromatic nitrogens is 3. The number of nitrogens with zero attached hydrogens (tertiary/aromatic N) is 3. The van der Waals surface area contributed by atoms with Gasteiger partial charge in [-0.05, 0) is 60.2 Å². The van der Waals surface area contributed by atoms with E-state index in [2.05, 4.69) is 25.0 Å². The van der Waals surface area contributed by atoms with Crippen LogP contribution in [0.5, 0.6) is 5.75 Å². The summed E-state index contributed by atoms with van der Waals surface area (Å²) in [6, 6.07) is 21.1. The molecule has 0 bridgehead atoms. The highest BCUT2D eigenvalue weighted by atomic mass is 35.5.